The fourth-order valence-electron chi connectivity index (χ4n) is 2.30. The van der Waals surface area contributed by atoms with E-state index >= 15 is 0 Å². The smallest absolute Gasteiger partial charge is 0.131 e. The molecule has 17 heavy (non-hydrogen) atoms. The van der Waals surface area contributed by atoms with Crippen molar-refractivity contribution in [2.45, 2.75) is 38.8 Å². The lowest BCUT2D eigenvalue weighted by atomic mass is 10.1. The zero-order valence-electron chi connectivity index (χ0n) is 10.7. The van der Waals surface area contributed by atoms with Crippen LogP contribution < -0.4 is 10.1 Å². The van der Waals surface area contributed by atoms with Gasteiger partial charge in [0.1, 0.15) is 11.6 Å². The monoisotopic (exact) mass is 237 g/mol. The molecule has 0 radical (unpaired) electrons. The van der Waals surface area contributed by atoms with Crippen molar-refractivity contribution in [1.82, 2.24) is 5.32 Å². The third-order valence-corrected chi connectivity index (χ3v) is 3.59. The number of hydrogen-bond acceptors (Lipinski definition) is 2. The molecule has 3 unspecified atom stereocenters. The molecule has 0 spiro atoms. The Hall–Kier alpha value is -1.09. The second-order valence-corrected chi connectivity index (χ2v) is 4.79. The third-order valence-electron chi connectivity index (χ3n) is 3.59. The van der Waals surface area contributed by atoms with Crippen LogP contribution in [0.25, 0.3) is 0 Å². The lowest BCUT2D eigenvalue weighted by Gasteiger charge is -2.15. The second kappa shape index (κ2) is 5.05. The Morgan fingerprint density at radius 3 is 2.82 bits per heavy atom. The van der Waals surface area contributed by atoms with E-state index in [4.69, 9.17) is 4.74 Å². The third kappa shape index (κ3) is 2.78. The van der Waals surface area contributed by atoms with Crippen LogP contribution in [0.1, 0.15) is 38.3 Å². The summed E-state index contributed by atoms with van der Waals surface area (Å²) in [5.74, 6) is 1.15. The molecule has 2 rings (SSSR count). The number of benzene rings is 1. The molecule has 0 aromatic heterocycles. The van der Waals surface area contributed by atoms with Crippen LogP contribution in [0.5, 0.6) is 5.75 Å². The first-order valence-electron chi connectivity index (χ1n) is 6.25. The van der Waals surface area contributed by atoms with Crippen LogP contribution in [0.4, 0.5) is 4.39 Å². The first kappa shape index (κ1) is 12.4. The van der Waals surface area contributed by atoms with E-state index < -0.39 is 0 Å². The van der Waals surface area contributed by atoms with Crippen molar-refractivity contribution in [2.24, 2.45) is 5.92 Å². The van der Waals surface area contributed by atoms with Gasteiger partial charge in [0, 0.05) is 23.7 Å². The number of ether oxygens (including phenoxy) is 1. The lowest BCUT2D eigenvalue weighted by Crippen LogP contribution is -2.23. The lowest BCUT2D eigenvalue weighted by molar-refractivity contribution is 0.409. The van der Waals surface area contributed by atoms with Gasteiger partial charge in [-0.1, -0.05) is 19.4 Å². The number of methoxy groups -OCH3 is 1. The maximum Gasteiger partial charge on any atom is 0.131 e. The predicted octanol–water partition coefficient (Wildman–Crippen LogP) is 3.28. The van der Waals surface area contributed by atoms with Crippen LogP contribution in [-0.4, -0.2) is 13.2 Å². The summed E-state index contributed by atoms with van der Waals surface area (Å²) in [7, 11) is 1.55. The van der Waals surface area contributed by atoms with Crippen LogP contribution in [0.15, 0.2) is 18.2 Å². The summed E-state index contributed by atoms with van der Waals surface area (Å²) in [6.45, 7) is 4.21. The van der Waals surface area contributed by atoms with E-state index in [0.717, 1.165) is 5.92 Å². The van der Waals surface area contributed by atoms with Gasteiger partial charge in [-0.15, -0.1) is 0 Å². The molecule has 0 aliphatic heterocycles. The SMILES string of the molecule is CCC1CC1NC(C)c1ccc(OC)cc1F. The van der Waals surface area contributed by atoms with Gasteiger partial charge in [0.25, 0.3) is 0 Å². The molecule has 3 atom stereocenters. The normalized spacial score (nSPS) is 24.5. The van der Waals surface area contributed by atoms with Crippen molar-refractivity contribution >= 4 is 0 Å². The molecule has 1 N–H and O–H groups in total. The number of nitrogens with one attached hydrogen (secondary N) is 1. The Morgan fingerprint density at radius 2 is 2.29 bits per heavy atom. The van der Waals surface area contributed by atoms with Crippen molar-refractivity contribution < 1.29 is 9.13 Å². The van der Waals surface area contributed by atoms with Gasteiger partial charge in [-0.25, -0.2) is 4.39 Å². The zero-order chi connectivity index (χ0) is 12.4. The van der Waals surface area contributed by atoms with Crippen molar-refractivity contribution in [3.63, 3.8) is 0 Å². The predicted molar refractivity (Wildman–Crippen MR) is 66.7 cm³/mol. The van der Waals surface area contributed by atoms with Gasteiger partial charge in [-0.3, -0.25) is 0 Å². The zero-order valence-corrected chi connectivity index (χ0v) is 10.7. The summed E-state index contributed by atoms with van der Waals surface area (Å²) in [4.78, 5) is 0. The second-order valence-electron chi connectivity index (χ2n) is 4.79. The standard InChI is InChI=1S/C14H20FNO/c1-4-10-7-14(10)16-9(2)12-6-5-11(17-3)8-13(12)15/h5-6,8-10,14,16H,4,7H2,1-3H3. The molecule has 2 nitrogen and oxygen atoms in total. The Morgan fingerprint density at radius 1 is 1.53 bits per heavy atom. The fourth-order valence-corrected chi connectivity index (χ4v) is 2.30. The summed E-state index contributed by atoms with van der Waals surface area (Å²) in [5.41, 5.74) is 0.715. The van der Waals surface area contributed by atoms with Gasteiger partial charge in [0.05, 0.1) is 7.11 Å². The molecule has 1 aliphatic carbocycles. The van der Waals surface area contributed by atoms with Gasteiger partial charge in [0.2, 0.25) is 0 Å². The number of halogens is 1. The summed E-state index contributed by atoms with van der Waals surface area (Å²) < 4.78 is 18.8. The van der Waals surface area contributed by atoms with Crippen molar-refractivity contribution in [3.8, 4) is 5.75 Å². The van der Waals surface area contributed by atoms with E-state index in [9.17, 15) is 4.39 Å². The molecule has 0 saturated heterocycles. The number of hydrogen-bond donors (Lipinski definition) is 1. The van der Waals surface area contributed by atoms with Crippen LogP contribution in [0, 0.1) is 11.7 Å². The molecule has 0 heterocycles. The molecule has 1 aliphatic rings. The minimum atomic E-state index is -0.196. The first-order valence-corrected chi connectivity index (χ1v) is 6.25. The molecule has 0 bridgehead atoms. The van der Waals surface area contributed by atoms with Crippen LogP contribution in [-0.2, 0) is 0 Å². The van der Waals surface area contributed by atoms with E-state index in [0.29, 0.717) is 17.4 Å². The van der Waals surface area contributed by atoms with E-state index in [-0.39, 0.29) is 11.9 Å². The molecular formula is C14H20FNO. The van der Waals surface area contributed by atoms with Gasteiger partial charge < -0.3 is 10.1 Å². The number of rotatable bonds is 5. The maximum absolute atomic E-state index is 13.8. The molecule has 1 aromatic rings. The van der Waals surface area contributed by atoms with Crippen LogP contribution in [0.2, 0.25) is 0 Å². The minimum absolute atomic E-state index is 0.0578. The van der Waals surface area contributed by atoms with Gasteiger partial charge in [-0.2, -0.15) is 0 Å². The molecule has 1 aromatic carbocycles. The van der Waals surface area contributed by atoms with Gasteiger partial charge in [0.15, 0.2) is 0 Å². The summed E-state index contributed by atoms with van der Waals surface area (Å²) in [6.07, 6.45) is 2.42. The highest BCUT2D eigenvalue weighted by molar-refractivity contribution is 5.30. The topological polar surface area (TPSA) is 21.3 Å². The maximum atomic E-state index is 13.8. The highest BCUT2D eigenvalue weighted by Gasteiger charge is 2.36. The quantitative estimate of drug-likeness (QED) is 0.848. The van der Waals surface area contributed by atoms with E-state index in [1.807, 2.05) is 6.92 Å². The fraction of sp³-hybridized carbons (Fsp3) is 0.571. The van der Waals surface area contributed by atoms with E-state index in [1.165, 1.54) is 18.9 Å². The summed E-state index contributed by atoms with van der Waals surface area (Å²) in [5, 5.41) is 3.47. The Balaban J connectivity index is 2.01. The van der Waals surface area contributed by atoms with Crippen molar-refractivity contribution in [1.29, 1.82) is 0 Å². The highest BCUT2D eigenvalue weighted by Crippen LogP contribution is 2.35. The van der Waals surface area contributed by atoms with Crippen molar-refractivity contribution in [2.75, 3.05) is 7.11 Å². The van der Waals surface area contributed by atoms with E-state index in [2.05, 4.69) is 12.2 Å². The average Bonchev–Trinajstić information content (AvgIpc) is 3.07. The van der Waals surface area contributed by atoms with E-state index in [1.54, 1.807) is 19.2 Å². The summed E-state index contributed by atoms with van der Waals surface area (Å²) in [6, 6.07) is 5.67. The molecule has 94 valence electrons. The molecule has 3 heteroatoms. The van der Waals surface area contributed by atoms with Crippen molar-refractivity contribution in [3.05, 3.63) is 29.6 Å². The minimum Gasteiger partial charge on any atom is -0.497 e. The molecule has 1 saturated carbocycles. The summed E-state index contributed by atoms with van der Waals surface area (Å²) >= 11 is 0. The van der Waals surface area contributed by atoms with Crippen LogP contribution in [0.3, 0.4) is 0 Å². The first-order chi connectivity index (χ1) is 8.15. The Bertz CT molecular complexity index is 394. The average molecular weight is 237 g/mol. The largest absolute Gasteiger partial charge is 0.497 e. The Kier molecular flexibility index (Phi) is 3.67. The van der Waals surface area contributed by atoms with Gasteiger partial charge in [-0.05, 0) is 25.3 Å². The highest BCUT2D eigenvalue weighted by atomic mass is 19.1. The van der Waals surface area contributed by atoms with Gasteiger partial charge >= 0.3 is 0 Å². The molecule has 1 fully saturated rings. The molecular weight excluding hydrogens is 217 g/mol. The molecule has 0 amide bonds. The van der Waals surface area contributed by atoms with Crippen LogP contribution >= 0.6 is 0 Å². The Labute approximate surface area is 102 Å².